The van der Waals surface area contributed by atoms with Crippen molar-refractivity contribution in [2.45, 2.75) is 39.5 Å². The lowest BCUT2D eigenvalue weighted by Crippen LogP contribution is -2.27. The lowest BCUT2D eigenvalue weighted by atomic mass is 9.72. The Kier molecular flexibility index (Phi) is 3.38. The van der Waals surface area contributed by atoms with Crippen LogP contribution in [0.5, 0.6) is 0 Å². The third-order valence-corrected chi connectivity index (χ3v) is 3.40. The van der Waals surface area contributed by atoms with Crippen molar-refractivity contribution in [2.75, 3.05) is 6.61 Å². The molecule has 0 aliphatic heterocycles. The van der Waals surface area contributed by atoms with Crippen LogP contribution < -0.4 is 0 Å². The molecule has 3 unspecified atom stereocenters. The molecule has 0 heterocycles. The van der Waals surface area contributed by atoms with E-state index < -0.39 is 0 Å². The summed E-state index contributed by atoms with van der Waals surface area (Å²) in [6, 6.07) is 0. The van der Waals surface area contributed by atoms with E-state index in [0.29, 0.717) is 12.5 Å². The molecule has 0 bridgehead atoms. The van der Waals surface area contributed by atoms with Crippen LogP contribution >= 0.6 is 0 Å². The van der Waals surface area contributed by atoms with E-state index in [9.17, 15) is 0 Å². The van der Waals surface area contributed by atoms with Gasteiger partial charge in [0.2, 0.25) is 0 Å². The average molecular weight is 156 g/mol. The van der Waals surface area contributed by atoms with Crippen LogP contribution in [0.3, 0.4) is 0 Å². The Bertz CT molecular complexity index is 99.4. The minimum Gasteiger partial charge on any atom is -0.396 e. The average Bonchev–Trinajstić information content (AvgIpc) is 2.05. The van der Waals surface area contributed by atoms with E-state index in [1.807, 2.05) is 0 Å². The van der Waals surface area contributed by atoms with Gasteiger partial charge in [0.05, 0.1) is 0 Å². The van der Waals surface area contributed by atoms with Gasteiger partial charge in [-0.15, -0.1) is 0 Å². The van der Waals surface area contributed by atoms with Crippen molar-refractivity contribution >= 4 is 0 Å². The Morgan fingerprint density at radius 2 is 1.91 bits per heavy atom. The summed E-state index contributed by atoms with van der Waals surface area (Å²) in [5.74, 6) is 2.22. The van der Waals surface area contributed by atoms with Gasteiger partial charge in [-0.25, -0.2) is 0 Å². The van der Waals surface area contributed by atoms with Crippen LogP contribution in [-0.4, -0.2) is 11.7 Å². The first-order valence-electron chi connectivity index (χ1n) is 4.90. The fourth-order valence-corrected chi connectivity index (χ4v) is 2.39. The molecule has 0 aromatic heterocycles. The quantitative estimate of drug-likeness (QED) is 0.651. The molecule has 1 rings (SSSR count). The predicted molar refractivity (Wildman–Crippen MR) is 47.4 cm³/mol. The second-order valence-corrected chi connectivity index (χ2v) is 3.90. The van der Waals surface area contributed by atoms with Crippen LogP contribution in [0, 0.1) is 17.8 Å². The van der Waals surface area contributed by atoms with Gasteiger partial charge in [0.25, 0.3) is 0 Å². The fraction of sp³-hybridized carbons (Fsp3) is 1.00. The number of rotatable bonds is 2. The number of aliphatic hydroxyl groups is 1. The Balaban J connectivity index is 2.45. The summed E-state index contributed by atoms with van der Waals surface area (Å²) in [5, 5.41) is 9.07. The Hall–Kier alpha value is -0.0400. The first-order chi connectivity index (χ1) is 5.29. The largest absolute Gasteiger partial charge is 0.396 e. The first-order valence-corrected chi connectivity index (χ1v) is 4.90. The van der Waals surface area contributed by atoms with Crippen molar-refractivity contribution in [2.24, 2.45) is 17.8 Å². The lowest BCUT2D eigenvalue weighted by Gasteiger charge is -2.34. The van der Waals surface area contributed by atoms with Gasteiger partial charge in [-0.05, 0) is 24.2 Å². The van der Waals surface area contributed by atoms with Gasteiger partial charge in [-0.2, -0.15) is 0 Å². The molecule has 1 nitrogen and oxygen atoms in total. The third kappa shape index (κ3) is 1.96. The Labute approximate surface area is 69.8 Å². The van der Waals surface area contributed by atoms with Gasteiger partial charge in [0, 0.05) is 6.61 Å². The maximum Gasteiger partial charge on any atom is 0.0461 e. The summed E-state index contributed by atoms with van der Waals surface area (Å²) in [6.45, 7) is 4.97. The SMILES string of the molecule is CCC1CCCC(CO)C1C. The molecule has 1 N–H and O–H groups in total. The van der Waals surface area contributed by atoms with E-state index in [0.717, 1.165) is 11.8 Å². The van der Waals surface area contributed by atoms with Crippen LogP contribution in [0.15, 0.2) is 0 Å². The second kappa shape index (κ2) is 4.10. The predicted octanol–water partition coefficient (Wildman–Crippen LogP) is 2.44. The van der Waals surface area contributed by atoms with E-state index in [2.05, 4.69) is 13.8 Å². The molecule has 0 aromatic carbocycles. The summed E-state index contributed by atoms with van der Waals surface area (Å²) in [6.07, 6.45) is 5.24. The Morgan fingerprint density at radius 1 is 1.27 bits per heavy atom. The second-order valence-electron chi connectivity index (χ2n) is 3.90. The summed E-state index contributed by atoms with van der Waals surface area (Å²) < 4.78 is 0. The van der Waals surface area contributed by atoms with Gasteiger partial charge in [-0.3, -0.25) is 0 Å². The summed E-state index contributed by atoms with van der Waals surface area (Å²) in [5.41, 5.74) is 0. The molecule has 0 spiro atoms. The van der Waals surface area contributed by atoms with Crippen molar-refractivity contribution in [3.63, 3.8) is 0 Å². The maximum absolute atomic E-state index is 9.07. The molecule has 1 aliphatic carbocycles. The molecule has 11 heavy (non-hydrogen) atoms. The molecule has 0 aromatic rings. The highest BCUT2D eigenvalue weighted by Crippen LogP contribution is 2.35. The molecule has 3 atom stereocenters. The topological polar surface area (TPSA) is 20.2 Å². The van der Waals surface area contributed by atoms with Gasteiger partial charge in [0.15, 0.2) is 0 Å². The zero-order chi connectivity index (χ0) is 8.27. The highest BCUT2D eigenvalue weighted by atomic mass is 16.3. The van der Waals surface area contributed by atoms with Crippen molar-refractivity contribution < 1.29 is 5.11 Å². The maximum atomic E-state index is 9.07. The zero-order valence-electron chi connectivity index (χ0n) is 7.71. The lowest BCUT2D eigenvalue weighted by molar-refractivity contribution is 0.0989. The van der Waals surface area contributed by atoms with Crippen molar-refractivity contribution in [1.82, 2.24) is 0 Å². The first kappa shape index (κ1) is 9.05. The van der Waals surface area contributed by atoms with Gasteiger partial charge in [-0.1, -0.05) is 33.1 Å². The van der Waals surface area contributed by atoms with E-state index >= 15 is 0 Å². The molecule has 0 saturated heterocycles. The Morgan fingerprint density at radius 3 is 2.45 bits per heavy atom. The van der Waals surface area contributed by atoms with Gasteiger partial charge in [0.1, 0.15) is 0 Å². The van der Waals surface area contributed by atoms with E-state index in [1.165, 1.54) is 25.7 Å². The smallest absolute Gasteiger partial charge is 0.0461 e. The van der Waals surface area contributed by atoms with Crippen LogP contribution in [0.4, 0.5) is 0 Å². The van der Waals surface area contributed by atoms with Crippen molar-refractivity contribution in [3.05, 3.63) is 0 Å². The number of aliphatic hydroxyl groups excluding tert-OH is 1. The standard InChI is InChI=1S/C10H20O/c1-3-9-5-4-6-10(7-11)8(9)2/h8-11H,3-7H2,1-2H3. The van der Waals surface area contributed by atoms with Crippen LogP contribution in [-0.2, 0) is 0 Å². The van der Waals surface area contributed by atoms with Gasteiger partial charge >= 0.3 is 0 Å². The van der Waals surface area contributed by atoms with E-state index in [1.54, 1.807) is 0 Å². The van der Waals surface area contributed by atoms with Crippen molar-refractivity contribution in [1.29, 1.82) is 0 Å². The van der Waals surface area contributed by atoms with Crippen LogP contribution in [0.25, 0.3) is 0 Å². The molecule has 1 aliphatic rings. The molecule has 1 saturated carbocycles. The zero-order valence-corrected chi connectivity index (χ0v) is 7.71. The highest BCUT2D eigenvalue weighted by Gasteiger charge is 2.27. The molecular weight excluding hydrogens is 136 g/mol. The normalized spacial score (nSPS) is 39.0. The summed E-state index contributed by atoms with van der Waals surface area (Å²) >= 11 is 0. The number of hydrogen-bond acceptors (Lipinski definition) is 1. The summed E-state index contributed by atoms with van der Waals surface area (Å²) in [4.78, 5) is 0. The van der Waals surface area contributed by atoms with Gasteiger partial charge < -0.3 is 5.11 Å². The van der Waals surface area contributed by atoms with Crippen LogP contribution in [0.1, 0.15) is 39.5 Å². The fourth-order valence-electron chi connectivity index (χ4n) is 2.39. The third-order valence-electron chi connectivity index (χ3n) is 3.40. The summed E-state index contributed by atoms with van der Waals surface area (Å²) in [7, 11) is 0. The van der Waals surface area contributed by atoms with E-state index in [4.69, 9.17) is 5.11 Å². The molecular formula is C10H20O. The molecule has 1 fully saturated rings. The number of hydrogen-bond donors (Lipinski definition) is 1. The molecule has 0 radical (unpaired) electrons. The monoisotopic (exact) mass is 156 g/mol. The molecule has 0 amide bonds. The molecule has 66 valence electrons. The highest BCUT2D eigenvalue weighted by molar-refractivity contribution is 4.77. The minimum absolute atomic E-state index is 0.400. The molecule has 1 heteroatoms. The minimum atomic E-state index is 0.400. The van der Waals surface area contributed by atoms with E-state index in [-0.39, 0.29) is 0 Å². The van der Waals surface area contributed by atoms with Crippen LogP contribution in [0.2, 0.25) is 0 Å². The van der Waals surface area contributed by atoms with Crippen molar-refractivity contribution in [3.8, 4) is 0 Å².